The largest absolute Gasteiger partial charge is 0.383 e. The van der Waals surface area contributed by atoms with Gasteiger partial charge in [0.25, 0.3) is 0 Å². The number of hydrogen-bond donors (Lipinski definition) is 1. The molecule has 0 aliphatic heterocycles. The van der Waals surface area contributed by atoms with Gasteiger partial charge in [-0.05, 0) is 19.1 Å². The van der Waals surface area contributed by atoms with Gasteiger partial charge in [-0.2, -0.15) is 0 Å². The molecule has 1 unspecified atom stereocenters. The molecule has 1 N–H and O–H groups in total. The molecule has 0 fully saturated rings. The summed E-state index contributed by atoms with van der Waals surface area (Å²) < 4.78 is 39.2. The maximum atomic E-state index is 13.4. The van der Waals surface area contributed by atoms with Crippen LogP contribution in [0.25, 0.3) is 0 Å². The highest BCUT2D eigenvalue weighted by molar-refractivity contribution is 7.09. The standard InChI is InChI=1S/C11H8F3NOS/c1-5-11(17-4-15-5)10(16)6-2-3-7(12)9(14)8(6)13/h2-4,10,16H,1H3. The van der Waals surface area contributed by atoms with Crippen LogP contribution in [-0.2, 0) is 0 Å². The van der Waals surface area contributed by atoms with Crippen LogP contribution >= 0.6 is 11.3 Å². The van der Waals surface area contributed by atoms with Crippen molar-refractivity contribution in [2.24, 2.45) is 0 Å². The fourth-order valence-corrected chi connectivity index (χ4v) is 2.27. The Morgan fingerprint density at radius 3 is 2.53 bits per heavy atom. The number of aromatic nitrogens is 1. The van der Waals surface area contributed by atoms with E-state index in [1.807, 2.05) is 0 Å². The highest BCUT2D eigenvalue weighted by atomic mass is 32.1. The third kappa shape index (κ3) is 2.05. The van der Waals surface area contributed by atoms with Gasteiger partial charge < -0.3 is 5.11 Å². The summed E-state index contributed by atoms with van der Waals surface area (Å²) in [6, 6.07) is 1.81. The van der Waals surface area contributed by atoms with Crippen molar-refractivity contribution >= 4 is 11.3 Å². The smallest absolute Gasteiger partial charge is 0.194 e. The number of thiazole rings is 1. The molecule has 2 rings (SSSR count). The molecule has 1 heterocycles. The van der Waals surface area contributed by atoms with E-state index in [0.29, 0.717) is 10.6 Å². The second-order valence-corrected chi connectivity index (χ2v) is 4.36. The summed E-state index contributed by atoms with van der Waals surface area (Å²) in [5, 5.41) is 9.90. The Balaban J connectivity index is 2.48. The Bertz CT molecular complexity index is 556. The lowest BCUT2D eigenvalue weighted by Crippen LogP contribution is -2.05. The lowest BCUT2D eigenvalue weighted by molar-refractivity contribution is 0.215. The molecule has 2 aromatic rings. The summed E-state index contributed by atoms with van der Waals surface area (Å²) >= 11 is 1.13. The lowest BCUT2D eigenvalue weighted by atomic mass is 10.1. The number of nitrogens with zero attached hydrogens (tertiary/aromatic N) is 1. The minimum atomic E-state index is -1.58. The third-order valence-electron chi connectivity index (χ3n) is 2.39. The van der Waals surface area contributed by atoms with E-state index in [9.17, 15) is 18.3 Å². The van der Waals surface area contributed by atoms with Crippen LogP contribution in [0.5, 0.6) is 0 Å². The number of halogens is 3. The van der Waals surface area contributed by atoms with Crippen molar-refractivity contribution in [2.45, 2.75) is 13.0 Å². The van der Waals surface area contributed by atoms with Gasteiger partial charge in [0.1, 0.15) is 6.10 Å². The van der Waals surface area contributed by atoms with Crippen LogP contribution in [-0.4, -0.2) is 10.1 Å². The molecule has 0 radical (unpaired) electrons. The average Bonchev–Trinajstić information content (AvgIpc) is 2.72. The Morgan fingerprint density at radius 2 is 1.94 bits per heavy atom. The van der Waals surface area contributed by atoms with Gasteiger partial charge in [0.05, 0.1) is 16.1 Å². The lowest BCUT2D eigenvalue weighted by Gasteiger charge is -2.11. The molecule has 0 saturated heterocycles. The second kappa shape index (κ2) is 4.46. The van der Waals surface area contributed by atoms with Crippen LogP contribution in [0.3, 0.4) is 0 Å². The summed E-state index contributed by atoms with van der Waals surface area (Å²) in [6.45, 7) is 1.65. The Labute approximate surface area is 99.4 Å². The first kappa shape index (κ1) is 12.1. The Hall–Kier alpha value is -1.40. The van der Waals surface area contributed by atoms with E-state index in [2.05, 4.69) is 4.98 Å². The van der Waals surface area contributed by atoms with Crippen molar-refractivity contribution in [3.05, 3.63) is 51.2 Å². The van der Waals surface area contributed by atoms with Crippen molar-refractivity contribution < 1.29 is 18.3 Å². The molecule has 0 saturated carbocycles. The van der Waals surface area contributed by atoms with E-state index in [1.54, 1.807) is 6.92 Å². The molecule has 0 spiro atoms. The number of aryl methyl sites for hydroxylation is 1. The van der Waals surface area contributed by atoms with Crippen molar-refractivity contribution in [3.63, 3.8) is 0 Å². The van der Waals surface area contributed by atoms with E-state index in [0.717, 1.165) is 23.5 Å². The fourth-order valence-electron chi connectivity index (χ4n) is 1.47. The van der Waals surface area contributed by atoms with Crippen molar-refractivity contribution in [1.29, 1.82) is 0 Å². The zero-order chi connectivity index (χ0) is 12.6. The molecule has 90 valence electrons. The minimum absolute atomic E-state index is 0.295. The number of aliphatic hydroxyl groups is 1. The van der Waals surface area contributed by atoms with Crippen LogP contribution in [0.1, 0.15) is 22.2 Å². The summed E-state index contributed by atoms with van der Waals surface area (Å²) in [6.07, 6.45) is -1.34. The molecular weight excluding hydrogens is 251 g/mol. The van der Waals surface area contributed by atoms with Gasteiger partial charge in [-0.25, -0.2) is 18.2 Å². The normalized spacial score (nSPS) is 12.8. The molecule has 1 atom stereocenters. The molecule has 0 bridgehead atoms. The molecule has 1 aromatic heterocycles. The maximum Gasteiger partial charge on any atom is 0.194 e. The van der Waals surface area contributed by atoms with E-state index < -0.39 is 23.6 Å². The summed E-state index contributed by atoms with van der Waals surface area (Å²) in [5.41, 5.74) is 1.73. The molecule has 6 heteroatoms. The first-order chi connectivity index (χ1) is 8.02. The van der Waals surface area contributed by atoms with Crippen LogP contribution in [0.2, 0.25) is 0 Å². The Morgan fingerprint density at radius 1 is 1.24 bits per heavy atom. The summed E-state index contributed by atoms with van der Waals surface area (Å²) in [5.74, 6) is -4.23. The molecule has 0 aliphatic rings. The van der Waals surface area contributed by atoms with Crippen LogP contribution in [0, 0.1) is 24.4 Å². The number of hydrogen-bond acceptors (Lipinski definition) is 3. The minimum Gasteiger partial charge on any atom is -0.383 e. The van der Waals surface area contributed by atoms with Crippen molar-refractivity contribution in [2.75, 3.05) is 0 Å². The van der Waals surface area contributed by atoms with Crippen LogP contribution < -0.4 is 0 Å². The predicted octanol–water partition coefficient (Wildman–Crippen LogP) is 2.95. The van der Waals surface area contributed by atoms with Gasteiger partial charge in [-0.1, -0.05) is 0 Å². The van der Waals surface area contributed by atoms with Gasteiger partial charge in [-0.15, -0.1) is 11.3 Å². The summed E-state index contributed by atoms with van der Waals surface area (Å²) in [7, 11) is 0. The van der Waals surface area contributed by atoms with Gasteiger partial charge in [-0.3, -0.25) is 0 Å². The van der Waals surface area contributed by atoms with Gasteiger partial charge >= 0.3 is 0 Å². The average molecular weight is 259 g/mol. The zero-order valence-corrected chi connectivity index (χ0v) is 9.56. The fraction of sp³-hybridized carbons (Fsp3) is 0.182. The van der Waals surface area contributed by atoms with E-state index in [4.69, 9.17) is 0 Å². The maximum absolute atomic E-state index is 13.4. The second-order valence-electron chi connectivity index (χ2n) is 3.47. The SMILES string of the molecule is Cc1ncsc1C(O)c1ccc(F)c(F)c1F. The monoisotopic (exact) mass is 259 g/mol. The van der Waals surface area contributed by atoms with Gasteiger partial charge in [0.2, 0.25) is 0 Å². The highest BCUT2D eigenvalue weighted by Crippen LogP contribution is 2.30. The van der Waals surface area contributed by atoms with E-state index in [1.165, 1.54) is 5.51 Å². The third-order valence-corrected chi connectivity index (χ3v) is 3.37. The predicted molar refractivity (Wildman–Crippen MR) is 57.2 cm³/mol. The van der Waals surface area contributed by atoms with Gasteiger partial charge in [0, 0.05) is 5.56 Å². The molecule has 0 amide bonds. The molecule has 17 heavy (non-hydrogen) atoms. The van der Waals surface area contributed by atoms with Crippen molar-refractivity contribution in [1.82, 2.24) is 4.98 Å². The zero-order valence-electron chi connectivity index (χ0n) is 8.75. The topological polar surface area (TPSA) is 33.1 Å². The van der Waals surface area contributed by atoms with Gasteiger partial charge in [0.15, 0.2) is 17.5 Å². The van der Waals surface area contributed by atoms with E-state index >= 15 is 0 Å². The highest BCUT2D eigenvalue weighted by Gasteiger charge is 2.22. The summed E-state index contributed by atoms with van der Waals surface area (Å²) in [4.78, 5) is 4.31. The Kier molecular flexibility index (Phi) is 3.17. The van der Waals surface area contributed by atoms with E-state index in [-0.39, 0.29) is 5.56 Å². The van der Waals surface area contributed by atoms with Crippen LogP contribution in [0.15, 0.2) is 17.6 Å². The van der Waals surface area contributed by atoms with Crippen LogP contribution in [0.4, 0.5) is 13.2 Å². The number of rotatable bonds is 2. The first-order valence-corrected chi connectivity index (χ1v) is 5.61. The molecule has 0 aliphatic carbocycles. The number of benzene rings is 1. The number of aliphatic hydroxyl groups excluding tert-OH is 1. The van der Waals surface area contributed by atoms with Crippen molar-refractivity contribution in [3.8, 4) is 0 Å². The quantitative estimate of drug-likeness (QED) is 0.841. The molecule has 1 aromatic carbocycles. The first-order valence-electron chi connectivity index (χ1n) is 4.73. The molecule has 2 nitrogen and oxygen atoms in total. The molecular formula is C11H8F3NOS.